The normalized spacial score (nSPS) is 26.0. The first-order valence-corrected chi connectivity index (χ1v) is 18.2. The molecule has 1 aliphatic heterocycles. The molecule has 12 heteroatoms. The molecule has 246 valence electrons. The zero-order valence-electron chi connectivity index (χ0n) is 26.3. The van der Waals surface area contributed by atoms with Gasteiger partial charge in [-0.15, -0.1) is 6.58 Å². The van der Waals surface area contributed by atoms with Crippen LogP contribution in [0.1, 0.15) is 78.6 Å². The molecule has 5 rings (SSSR count). The number of carbonyl (C=O) groups excluding carboxylic acids is 4. The average Bonchev–Trinajstić information content (AvgIpc) is 3.84. The SMILES string of the molecule is C=C[C@@H]1CC1(CC(=O)[C@@H]1CN(c2ccc(Br)cc2)CN1C(=O)[C@@H](CC(=O)OC1CCCC1)C(C)(C)C)C(=O)NS(=O)(=O)C1CC1. The summed E-state index contributed by atoms with van der Waals surface area (Å²) in [6, 6.07) is 6.66. The van der Waals surface area contributed by atoms with Crippen molar-refractivity contribution in [3.8, 4) is 0 Å². The van der Waals surface area contributed by atoms with Crippen molar-refractivity contribution in [1.82, 2.24) is 9.62 Å². The van der Waals surface area contributed by atoms with Gasteiger partial charge in [-0.25, -0.2) is 8.42 Å². The zero-order chi connectivity index (χ0) is 32.7. The maximum Gasteiger partial charge on any atom is 0.306 e. The minimum absolute atomic E-state index is 0.0988. The van der Waals surface area contributed by atoms with Gasteiger partial charge in [0.1, 0.15) is 12.1 Å². The predicted octanol–water partition coefficient (Wildman–Crippen LogP) is 4.72. The second kappa shape index (κ2) is 12.8. The number of anilines is 1. The van der Waals surface area contributed by atoms with Gasteiger partial charge < -0.3 is 14.5 Å². The lowest BCUT2D eigenvalue weighted by molar-refractivity contribution is -0.156. The van der Waals surface area contributed by atoms with Crippen LogP contribution < -0.4 is 9.62 Å². The van der Waals surface area contributed by atoms with Crippen LogP contribution in [0.4, 0.5) is 5.69 Å². The third-order valence-electron chi connectivity index (χ3n) is 9.81. The van der Waals surface area contributed by atoms with Gasteiger partial charge in [0.15, 0.2) is 5.78 Å². The van der Waals surface area contributed by atoms with Crippen LogP contribution >= 0.6 is 15.9 Å². The molecule has 1 N–H and O–H groups in total. The zero-order valence-corrected chi connectivity index (χ0v) is 28.7. The van der Waals surface area contributed by atoms with Crippen LogP contribution in [0.25, 0.3) is 0 Å². The van der Waals surface area contributed by atoms with E-state index in [4.69, 9.17) is 4.74 Å². The molecular formula is C33H44BrN3O7S. The van der Waals surface area contributed by atoms with Gasteiger partial charge in [-0.2, -0.15) is 0 Å². The van der Waals surface area contributed by atoms with Crippen LogP contribution in [0.5, 0.6) is 0 Å². The van der Waals surface area contributed by atoms with Gasteiger partial charge >= 0.3 is 5.97 Å². The Morgan fingerprint density at radius 2 is 1.76 bits per heavy atom. The summed E-state index contributed by atoms with van der Waals surface area (Å²) in [6.45, 7) is 9.83. The van der Waals surface area contributed by atoms with E-state index in [0.29, 0.717) is 19.3 Å². The number of amides is 2. The number of esters is 1. The third-order valence-corrected chi connectivity index (χ3v) is 12.2. The van der Waals surface area contributed by atoms with Gasteiger partial charge in [-0.05, 0) is 80.5 Å². The number of ketones is 1. The third kappa shape index (κ3) is 7.48. The molecule has 1 aromatic carbocycles. The molecule has 10 nitrogen and oxygen atoms in total. The molecule has 0 spiro atoms. The molecule has 45 heavy (non-hydrogen) atoms. The monoisotopic (exact) mass is 705 g/mol. The maximum atomic E-state index is 14.4. The van der Waals surface area contributed by atoms with Crippen molar-refractivity contribution in [2.24, 2.45) is 22.7 Å². The number of rotatable bonds is 12. The van der Waals surface area contributed by atoms with Crippen molar-refractivity contribution in [2.75, 3.05) is 18.1 Å². The number of halogens is 1. The molecule has 1 unspecified atom stereocenters. The Morgan fingerprint density at radius 1 is 1.11 bits per heavy atom. The first kappa shape index (κ1) is 33.6. The van der Waals surface area contributed by atoms with Crippen molar-refractivity contribution in [2.45, 2.75) is 96.0 Å². The molecule has 0 radical (unpaired) electrons. The van der Waals surface area contributed by atoms with Crippen molar-refractivity contribution in [1.29, 1.82) is 0 Å². The summed E-state index contributed by atoms with van der Waals surface area (Å²) in [4.78, 5) is 58.4. The predicted molar refractivity (Wildman–Crippen MR) is 173 cm³/mol. The van der Waals surface area contributed by atoms with E-state index in [-0.39, 0.29) is 49.8 Å². The summed E-state index contributed by atoms with van der Waals surface area (Å²) in [6.07, 6.45) is 6.16. The lowest BCUT2D eigenvalue weighted by atomic mass is 9.77. The number of sulfonamides is 1. The Morgan fingerprint density at radius 3 is 2.31 bits per heavy atom. The molecule has 2 amide bonds. The summed E-state index contributed by atoms with van der Waals surface area (Å²) >= 11 is 3.45. The molecule has 0 aromatic heterocycles. The van der Waals surface area contributed by atoms with E-state index in [1.54, 1.807) is 6.08 Å². The summed E-state index contributed by atoms with van der Waals surface area (Å²) < 4.78 is 34.0. The number of nitrogens with one attached hydrogen (secondary N) is 1. The standard InChI is InChI=1S/C33H44BrN3O7S/c1-5-21-17-33(21,31(41)35-45(42,43)25-14-15-25)18-28(38)27-19-36(23-12-10-22(34)11-13-23)20-37(27)30(40)26(32(2,3)4)16-29(39)44-24-8-6-7-9-24/h5,10-13,21,24-27H,1,6-9,14-20H2,2-4H3,(H,35,41)/t21-,26-,27+,33?/m1/s1. The van der Waals surface area contributed by atoms with Crippen LogP contribution in [-0.2, 0) is 33.9 Å². The fraction of sp³-hybridized carbons (Fsp3) is 0.636. The number of carbonyl (C=O) groups is 4. The second-order valence-electron chi connectivity index (χ2n) is 14.2. The van der Waals surface area contributed by atoms with Crippen LogP contribution in [-0.4, -0.2) is 67.5 Å². The van der Waals surface area contributed by atoms with Crippen molar-refractivity contribution in [3.63, 3.8) is 0 Å². The van der Waals surface area contributed by atoms with E-state index < -0.39 is 49.9 Å². The van der Waals surface area contributed by atoms with Crippen LogP contribution in [0.3, 0.4) is 0 Å². The van der Waals surface area contributed by atoms with E-state index in [1.807, 2.05) is 49.9 Å². The highest BCUT2D eigenvalue weighted by atomic mass is 79.9. The summed E-state index contributed by atoms with van der Waals surface area (Å²) in [5.41, 5.74) is -1.01. The van der Waals surface area contributed by atoms with Gasteiger partial charge in [0.2, 0.25) is 21.8 Å². The fourth-order valence-corrected chi connectivity index (χ4v) is 8.31. The molecule has 1 saturated heterocycles. The highest BCUT2D eigenvalue weighted by Crippen LogP contribution is 2.57. The van der Waals surface area contributed by atoms with Crippen LogP contribution in [0, 0.1) is 22.7 Å². The van der Waals surface area contributed by atoms with E-state index in [0.717, 1.165) is 35.8 Å². The second-order valence-corrected chi connectivity index (χ2v) is 17.1. The van der Waals surface area contributed by atoms with Crippen LogP contribution in [0.2, 0.25) is 0 Å². The first-order valence-electron chi connectivity index (χ1n) is 15.9. The van der Waals surface area contributed by atoms with E-state index in [2.05, 4.69) is 27.2 Å². The molecule has 3 saturated carbocycles. The van der Waals surface area contributed by atoms with Gasteiger partial charge in [0.05, 0.1) is 29.7 Å². The van der Waals surface area contributed by atoms with E-state index in [1.165, 1.54) is 4.90 Å². The van der Waals surface area contributed by atoms with Gasteiger partial charge in [-0.1, -0.05) is 42.8 Å². The minimum Gasteiger partial charge on any atom is -0.462 e. The number of ether oxygens (including phenoxy) is 1. The smallest absolute Gasteiger partial charge is 0.306 e. The average molecular weight is 707 g/mol. The summed E-state index contributed by atoms with van der Waals surface area (Å²) in [5.74, 6) is -2.84. The lowest BCUT2D eigenvalue weighted by Gasteiger charge is -2.34. The Hall–Kier alpha value is -2.73. The molecule has 0 bridgehead atoms. The van der Waals surface area contributed by atoms with Crippen molar-refractivity contribution < 1.29 is 32.3 Å². The lowest BCUT2D eigenvalue weighted by Crippen LogP contribution is -2.49. The van der Waals surface area contributed by atoms with E-state index >= 15 is 0 Å². The largest absolute Gasteiger partial charge is 0.462 e. The Bertz CT molecular complexity index is 1450. The molecule has 4 atom stereocenters. The highest BCUT2D eigenvalue weighted by molar-refractivity contribution is 9.10. The topological polar surface area (TPSA) is 130 Å². The number of hydrogen-bond acceptors (Lipinski definition) is 8. The fourth-order valence-electron chi connectivity index (χ4n) is 6.66. The molecule has 1 aromatic rings. The molecule has 1 heterocycles. The number of Topliss-reactive ketones (excluding diaryl/α,β-unsaturated/α-hetero) is 1. The molecule has 3 aliphatic carbocycles. The van der Waals surface area contributed by atoms with Crippen LogP contribution in [0.15, 0.2) is 41.4 Å². The Kier molecular flexibility index (Phi) is 9.58. The number of nitrogens with zero attached hydrogens (tertiary/aromatic N) is 2. The minimum atomic E-state index is -3.80. The summed E-state index contributed by atoms with van der Waals surface area (Å²) in [5, 5.41) is -0.577. The molecular weight excluding hydrogens is 662 g/mol. The molecule has 4 aliphatic rings. The summed E-state index contributed by atoms with van der Waals surface area (Å²) in [7, 11) is -3.80. The first-order chi connectivity index (χ1) is 21.1. The van der Waals surface area contributed by atoms with Crippen molar-refractivity contribution >= 4 is 55.2 Å². The van der Waals surface area contributed by atoms with E-state index in [9.17, 15) is 27.6 Å². The number of allylic oxidation sites excluding steroid dienone is 1. The number of benzene rings is 1. The van der Waals surface area contributed by atoms with Gasteiger partial charge in [-0.3, -0.25) is 23.9 Å². The van der Waals surface area contributed by atoms with Crippen molar-refractivity contribution in [3.05, 3.63) is 41.4 Å². The maximum absolute atomic E-state index is 14.4. The van der Waals surface area contributed by atoms with Gasteiger partial charge in [0.25, 0.3) is 0 Å². The van der Waals surface area contributed by atoms with Gasteiger partial charge in [0, 0.05) is 23.1 Å². The molecule has 4 fully saturated rings. The number of hydrogen-bond donors (Lipinski definition) is 1. The highest BCUT2D eigenvalue weighted by Gasteiger charge is 2.61. The Balaban J connectivity index is 1.39. The Labute approximate surface area is 274 Å². The quantitative estimate of drug-likeness (QED) is 0.244.